The highest BCUT2D eigenvalue weighted by Gasteiger charge is 2.17. The Morgan fingerprint density at radius 1 is 0.933 bits per heavy atom. The Morgan fingerprint density at radius 2 is 1.53 bits per heavy atom. The van der Waals surface area contributed by atoms with Gasteiger partial charge in [0.2, 0.25) is 0 Å². The third-order valence-electron chi connectivity index (χ3n) is 3.43. The lowest BCUT2D eigenvalue weighted by atomic mass is 9.88. The summed E-state index contributed by atoms with van der Waals surface area (Å²) in [6.07, 6.45) is 8.40. The second-order valence-corrected chi connectivity index (χ2v) is 5.24. The Morgan fingerprint density at radius 3 is 2.00 bits per heavy atom. The van der Waals surface area contributed by atoms with Crippen LogP contribution >= 0.6 is 0 Å². The molecule has 0 saturated heterocycles. The predicted molar refractivity (Wildman–Crippen MR) is 70.2 cm³/mol. The first-order valence-corrected chi connectivity index (χ1v) is 6.80. The van der Waals surface area contributed by atoms with E-state index < -0.39 is 0 Å². The zero-order valence-electron chi connectivity index (χ0n) is 11.5. The van der Waals surface area contributed by atoms with Crippen LogP contribution < -0.4 is 5.32 Å². The molecule has 0 saturated carbocycles. The summed E-state index contributed by atoms with van der Waals surface area (Å²) in [5.74, 6) is 1.57. The molecule has 0 amide bonds. The van der Waals surface area contributed by atoms with E-state index in [1.54, 1.807) is 0 Å². The maximum atomic E-state index is 3.45. The molecule has 0 rings (SSSR count). The van der Waals surface area contributed by atoms with Gasteiger partial charge in [0.05, 0.1) is 0 Å². The van der Waals surface area contributed by atoms with E-state index in [1.165, 1.54) is 38.5 Å². The van der Waals surface area contributed by atoms with Gasteiger partial charge in [-0.25, -0.2) is 0 Å². The zero-order chi connectivity index (χ0) is 11.7. The van der Waals surface area contributed by atoms with E-state index in [1.807, 2.05) is 0 Å². The summed E-state index contributed by atoms with van der Waals surface area (Å²) in [7, 11) is 2.10. The first-order chi connectivity index (χ1) is 7.13. The van der Waals surface area contributed by atoms with Crippen molar-refractivity contribution in [2.45, 2.75) is 72.3 Å². The molecule has 0 aliphatic carbocycles. The minimum absolute atomic E-state index is 0.691. The van der Waals surface area contributed by atoms with Gasteiger partial charge in [-0.1, -0.05) is 59.8 Å². The average molecular weight is 213 g/mol. The van der Waals surface area contributed by atoms with E-state index in [-0.39, 0.29) is 0 Å². The molecule has 0 aromatic carbocycles. The maximum absolute atomic E-state index is 3.45. The van der Waals surface area contributed by atoms with Crippen LogP contribution in [-0.4, -0.2) is 13.1 Å². The van der Waals surface area contributed by atoms with Crippen molar-refractivity contribution in [1.29, 1.82) is 0 Å². The Labute approximate surface area is 97.0 Å². The molecule has 0 fully saturated rings. The molecule has 0 bridgehead atoms. The zero-order valence-corrected chi connectivity index (χ0v) is 11.5. The first kappa shape index (κ1) is 15.0. The molecule has 0 radical (unpaired) electrons. The van der Waals surface area contributed by atoms with Crippen molar-refractivity contribution in [3.63, 3.8) is 0 Å². The highest BCUT2D eigenvalue weighted by molar-refractivity contribution is 4.74. The van der Waals surface area contributed by atoms with Crippen LogP contribution in [0.1, 0.15) is 66.2 Å². The van der Waals surface area contributed by atoms with Crippen LogP contribution in [0.4, 0.5) is 0 Å². The lowest BCUT2D eigenvalue weighted by Gasteiger charge is -2.27. The van der Waals surface area contributed by atoms with Crippen LogP contribution in [0.2, 0.25) is 0 Å². The molecule has 1 heteroatoms. The van der Waals surface area contributed by atoms with Crippen LogP contribution in [0, 0.1) is 11.8 Å². The van der Waals surface area contributed by atoms with Gasteiger partial charge in [0, 0.05) is 6.04 Å². The molecular weight excluding hydrogens is 182 g/mol. The third kappa shape index (κ3) is 6.94. The molecule has 15 heavy (non-hydrogen) atoms. The van der Waals surface area contributed by atoms with Crippen LogP contribution in [0.3, 0.4) is 0 Å². The van der Waals surface area contributed by atoms with Crippen molar-refractivity contribution in [3.05, 3.63) is 0 Å². The summed E-state index contributed by atoms with van der Waals surface area (Å²) in [5, 5.41) is 3.45. The largest absolute Gasteiger partial charge is 0.316 e. The van der Waals surface area contributed by atoms with E-state index in [4.69, 9.17) is 0 Å². The lowest BCUT2D eigenvalue weighted by molar-refractivity contribution is 0.294. The van der Waals surface area contributed by atoms with Gasteiger partial charge in [0.25, 0.3) is 0 Å². The fraction of sp³-hybridized carbons (Fsp3) is 1.00. The predicted octanol–water partition coefficient (Wildman–Crippen LogP) is 4.23. The summed E-state index contributed by atoms with van der Waals surface area (Å²) >= 11 is 0. The first-order valence-electron chi connectivity index (χ1n) is 6.80. The fourth-order valence-electron chi connectivity index (χ4n) is 2.52. The Balaban J connectivity index is 3.57. The quantitative estimate of drug-likeness (QED) is 0.565. The standard InChI is InChI=1S/C14H31N/c1-6-7-8-9-10-11-13(4)14(15-5)12(2)3/h12-15H,6-11H2,1-5H3. The Hall–Kier alpha value is -0.0400. The average Bonchev–Trinajstić information content (AvgIpc) is 2.18. The fourth-order valence-corrected chi connectivity index (χ4v) is 2.52. The summed E-state index contributed by atoms with van der Waals surface area (Å²) in [5.41, 5.74) is 0. The highest BCUT2D eigenvalue weighted by atomic mass is 14.9. The van der Waals surface area contributed by atoms with Crippen LogP contribution in [0.25, 0.3) is 0 Å². The summed E-state index contributed by atoms with van der Waals surface area (Å²) in [4.78, 5) is 0. The van der Waals surface area contributed by atoms with Gasteiger partial charge < -0.3 is 5.32 Å². The van der Waals surface area contributed by atoms with Crippen molar-refractivity contribution >= 4 is 0 Å². The molecule has 1 nitrogen and oxygen atoms in total. The minimum atomic E-state index is 0.691. The van der Waals surface area contributed by atoms with Crippen LogP contribution in [-0.2, 0) is 0 Å². The molecule has 0 aromatic heterocycles. The number of hydrogen-bond donors (Lipinski definition) is 1. The van der Waals surface area contributed by atoms with Gasteiger partial charge in [-0.2, -0.15) is 0 Å². The van der Waals surface area contributed by atoms with Gasteiger partial charge in [-0.3, -0.25) is 0 Å². The van der Waals surface area contributed by atoms with Gasteiger partial charge in [-0.05, 0) is 25.3 Å². The molecule has 0 heterocycles. The Kier molecular flexibility index (Phi) is 9.18. The van der Waals surface area contributed by atoms with E-state index >= 15 is 0 Å². The van der Waals surface area contributed by atoms with Crippen molar-refractivity contribution in [3.8, 4) is 0 Å². The number of rotatable bonds is 9. The summed E-state index contributed by atoms with van der Waals surface area (Å²) < 4.78 is 0. The molecule has 2 unspecified atom stereocenters. The Bertz CT molecular complexity index is 131. The molecule has 1 N–H and O–H groups in total. The molecular formula is C14H31N. The highest BCUT2D eigenvalue weighted by Crippen LogP contribution is 2.19. The van der Waals surface area contributed by atoms with E-state index in [9.17, 15) is 0 Å². The second-order valence-electron chi connectivity index (χ2n) is 5.24. The normalized spacial score (nSPS) is 15.6. The summed E-state index contributed by atoms with van der Waals surface area (Å²) in [6, 6.07) is 0.691. The van der Waals surface area contributed by atoms with Crippen LogP contribution in [0.5, 0.6) is 0 Å². The van der Waals surface area contributed by atoms with Gasteiger partial charge >= 0.3 is 0 Å². The third-order valence-corrected chi connectivity index (χ3v) is 3.43. The van der Waals surface area contributed by atoms with Crippen molar-refractivity contribution in [2.75, 3.05) is 7.05 Å². The van der Waals surface area contributed by atoms with E-state index in [2.05, 4.69) is 40.1 Å². The lowest BCUT2D eigenvalue weighted by Crippen LogP contribution is -2.36. The van der Waals surface area contributed by atoms with E-state index in [0.29, 0.717) is 6.04 Å². The molecule has 0 aliphatic heterocycles. The molecule has 0 aromatic rings. The topological polar surface area (TPSA) is 12.0 Å². The van der Waals surface area contributed by atoms with Crippen LogP contribution in [0.15, 0.2) is 0 Å². The minimum Gasteiger partial charge on any atom is -0.316 e. The molecule has 0 spiro atoms. The van der Waals surface area contributed by atoms with Gasteiger partial charge in [0.15, 0.2) is 0 Å². The smallest absolute Gasteiger partial charge is 0.0113 e. The van der Waals surface area contributed by atoms with E-state index in [0.717, 1.165) is 11.8 Å². The second kappa shape index (κ2) is 9.21. The van der Waals surface area contributed by atoms with Gasteiger partial charge in [0.1, 0.15) is 0 Å². The molecule has 0 aliphatic rings. The SMILES string of the molecule is CCCCCCCC(C)C(NC)C(C)C. The van der Waals surface area contributed by atoms with Crippen molar-refractivity contribution in [1.82, 2.24) is 5.32 Å². The summed E-state index contributed by atoms with van der Waals surface area (Å²) in [6.45, 7) is 9.29. The number of nitrogens with one attached hydrogen (secondary N) is 1. The molecule has 2 atom stereocenters. The van der Waals surface area contributed by atoms with Crippen molar-refractivity contribution < 1.29 is 0 Å². The van der Waals surface area contributed by atoms with Gasteiger partial charge in [-0.15, -0.1) is 0 Å². The maximum Gasteiger partial charge on any atom is 0.0113 e. The number of unbranched alkanes of at least 4 members (excludes halogenated alkanes) is 4. The van der Waals surface area contributed by atoms with Crippen molar-refractivity contribution in [2.24, 2.45) is 11.8 Å². The molecule has 92 valence electrons. The number of hydrogen-bond acceptors (Lipinski definition) is 1. The monoisotopic (exact) mass is 213 g/mol.